The van der Waals surface area contributed by atoms with E-state index in [9.17, 15) is 4.79 Å². The van der Waals surface area contributed by atoms with Gasteiger partial charge in [-0.25, -0.2) is 4.98 Å². The third kappa shape index (κ3) is 3.42. The van der Waals surface area contributed by atoms with Gasteiger partial charge in [-0.1, -0.05) is 0 Å². The van der Waals surface area contributed by atoms with Crippen molar-refractivity contribution in [3.05, 3.63) is 41.7 Å². The van der Waals surface area contributed by atoms with Gasteiger partial charge >= 0.3 is 0 Å². The van der Waals surface area contributed by atoms with Crippen LogP contribution in [-0.4, -0.2) is 50.3 Å². The van der Waals surface area contributed by atoms with E-state index >= 15 is 0 Å². The van der Waals surface area contributed by atoms with Crippen LogP contribution in [0.25, 0.3) is 0 Å². The normalized spacial score (nSPS) is 19.7. The number of nitrogens with zero attached hydrogens (tertiary/aromatic N) is 5. The second-order valence-corrected chi connectivity index (χ2v) is 6.82. The van der Waals surface area contributed by atoms with Crippen LogP contribution in [0.1, 0.15) is 47.4 Å². The molecule has 3 heterocycles. The van der Waals surface area contributed by atoms with Crippen molar-refractivity contribution in [1.82, 2.24) is 24.6 Å². The van der Waals surface area contributed by atoms with Gasteiger partial charge in [-0.2, -0.15) is 5.10 Å². The van der Waals surface area contributed by atoms with E-state index in [0.717, 1.165) is 24.6 Å². The summed E-state index contributed by atoms with van der Waals surface area (Å²) in [5.74, 6) is 0.789. The molecule has 0 aromatic carbocycles. The first-order chi connectivity index (χ1) is 12.3. The van der Waals surface area contributed by atoms with Crippen molar-refractivity contribution in [2.45, 2.75) is 38.8 Å². The molecular weight excluding hydrogens is 318 g/mol. The van der Waals surface area contributed by atoms with Crippen LogP contribution in [0.2, 0.25) is 0 Å². The maximum Gasteiger partial charge on any atom is 0.274 e. The van der Waals surface area contributed by atoms with E-state index in [1.165, 1.54) is 24.7 Å². The summed E-state index contributed by atoms with van der Waals surface area (Å²) in [5, 5.41) is 4.48. The lowest BCUT2D eigenvalue weighted by Gasteiger charge is -2.33. The molecule has 0 spiro atoms. The number of fused-ring (bicyclic) bond motifs is 1. The Morgan fingerprint density at radius 2 is 2.16 bits per heavy atom. The van der Waals surface area contributed by atoms with Gasteiger partial charge in [0, 0.05) is 50.1 Å². The SMILES string of the molecule is CCn1ncc2c1C(COCC1CC1)CN(C(=O)c1cnccn1)C2. The zero-order valence-electron chi connectivity index (χ0n) is 14.5. The highest BCUT2D eigenvalue weighted by molar-refractivity contribution is 5.92. The van der Waals surface area contributed by atoms with Crippen LogP contribution in [0.4, 0.5) is 0 Å². The lowest BCUT2D eigenvalue weighted by Crippen LogP contribution is -2.40. The molecule has 7 nitrogen and oxygen atoms in total. The summed E-state index contributed by atoms with van der Waals surface area (Å²) >= 11 is 0. The molecule has 1 amide bonds. The summed E-state index contributed by atoms with van der Waals surface area (Å²) in [5.41, 5.74) is 2.69. The van der Waals surface area contributed by atoms with Crippen LogP contribution in [0.5, 0.6) is 0 Å². The van der Waals surface area contributed by atoms with Gasteiger partial charge in [0.1, 0.15) is 5.69 Å². The highest BCUT2D eigenvalue weighted by Gasteiger charge is 2.33. The Labute approximate surface area is 147 Å². The van der Waals surface area contributed by atoms with Gasteiger partial charge in [-0.3, -0.25) is 14.5 Å². The molecule has 7 heteroatoms. The van der Waals surface area contributed by atoms with E-state index in [4.69, 9.17) is 4.74 Å². The number of carbonyl (C=O) groups excluding carboxylic acids is 1. The molecule has 4 rings (SSSR count). The molecule has 1 aliphatic carbocycles. The van der Waals surface area contributed by atoms with Crippen molar-refractivity contribution < 1.29 is 9.53 Å². The first kappa shape index (κ1) is 16.2. The van der Waals surface area contributed by atoms with Crippen LogP contribution in [0.15, 0.2) is 24.8 Å². The molecule has 132 valence electrons. The molecule has 1 unspecified atom stereocenters. The van der Waals surface area contributed by atoms with E-state index < -0.39 is 0 Å². The number of carbonyl (C=O) groups is 1. The third-order valence-corrected chi connectivity index (χ3v) is 4.89. The first-order valence-corrected chi connectivity index (χ1v) is 8.94. The summed E-state index contributed by atoms with van der Waals surface area (Å²) in [6, 6.07) is 0. The second-order valence-electron chi connectivity index (χ2n) is 6.82. The number of aromatic nitrogens is 4. The van der Waals surface area contributed by atoms with Gasteiger partial charge in [-0.15, -0.1) is 0 Å². The molecular formula is C18H23N5O2. The van der Waals surface area contributed by atoms with E-state index in [1.807, 2.05) is 15.8 Å². The fourth-order valence-electron chi connectivity index (χ4n) is 3.42. The van der Waals surface area contributed by atoms with Crippen molar-refractivity contribution in [3.8, 4) is 0 Å². The number of aryl methyl sites for hydroxylation is 1. The zero-order valence-corrected chi connectivity index (χ0v) is 14.5. The van der Waals surface area contributed by atoms with E-state index in [0.29, 0.717) is 25.4 Å². The highest BCUT2D eigenvalue weighted by atomic mass is 16.5. The van der Waals surface area contributed by atoms with Crippen molar-refractivity contribution in [2.75, 3.05) is 19.8 Å². The molecule has 1 atom stereocenters. The van der Waals surface area contributed by atoms with Crippen molar-refractivity contribution >= 4 is 5.91 Å². The monoisotopic (exact) mass is 341 g/mol. The predicted molar refractivity (Wildman–Crippen MR) is 91.0 cm³/mol. The quantitative estimate of drug-likeness (QED) is 0.802. The highest BCUT2D eigenvalue weighted by Crippen LogP contribution is 2.32. The zero-order chi connectivity index (χ0) is 17.2. The van der Waals surface area contributed by atoms with Gasteiger partial charge in [0.15, 0.2) is 0 Å². The number of hydrogen-bond donors (Lipinski definition) is 0. The predicted octanol–water partition coefficient (Wildman–Crippen LogP) is 1.86. The second kappa shape index (κ2) is 6.92. The summed E-state index contributed by atoms with van der Waals surface area (Å²) in [4.78, 5) is 22.8. The van der Waals surface area contributed by atoms with E-state index in [1.54, 1.807) is 12.4 Å². The summed E-state index contributed by atoms with van der Waals surface area (Å²) in [6.07, 6.45) is 9.08. The molecule has 1 fully saturated rings. The number of ether oxygens (including phenoxy) is 1. The topological polar surface area (TPSA) is 73.1 Å². The lowest BCUT2D eigenvalue weighted by atomic mass is 9.96. The number of amides is 1. The molecule has 0 bridgehead atoms. The molecule has 1 saturated carbocycles. The molecule has 0 radical (unpaired) electrons. The molecule has 1 aliphatic heterocycles. The molecule has 25 heavy (non-hydrogen) atoms. The van der Waals surface area contributed by atoms with Crippen LogP contribution in [0.3, 0.4) is 0 Å². The van der Waals surface area contributed by atoms with Gasteiger partial charge in [0.2, 0.25) is 0 Å². The fourth-order valence-corrected chi connectivity index (χ4v) is 3.42. The largest absolute Gasteiger partial charge is 0.380 e. The smallest absolute Gasteiger partial charge is 0.274 e. The van der Waals surface area contributed by atoms with Crippen LogP contribution >= 0.6 is 0 Å². The van der Waals surface area contributed by atoms with Gasteiger partial charge in [-0.05, 0) is 25.7 Å². The average Bonchev–Trinajstić information content (AvgIpc) is 3.38. The molecule has 0 N–H and O–H groups in total. The van der Waals surface area contributed by atoms with Crippen LogP contribution in [-0.2, 0) is 17.8 Å². The van der Waals surface area contributed by atoms with Crippen molar-refractivity contribution in [1.29, 1.82) is 0 Å². The van der Waals surface area contributed by atoms with Crippen molar-refractivity contribution in [2.24, 2.45) is 5.92 Å². The van der Waals surface area contributed by atoms with E-state index in [2.05, 4.69) is 22.0 Å². The summed E-state index contributed by atoms with van der Waals surface area (Å²) in [6.45, 7) is 5.55. The first-order valence-electron chi connectivity index (χ1n) is 8.94. The average molecular weight is 341 g/mol. The Morgan fingerprint density at radius 1 is 1.28 bits per heavy atom. The van der Waals surface area contributed by atoms with Gasteiger partial charge in [0.25, 0.3) is 5.91 Å². The maximum atomic E-state index is 12.8. The Morgan fingerprint density at radius 3 is 2.88 bits per heavy atom. The molecule has 2 aromatic heterocycles. The minimum absolute atomic E-state index is 0.0878. The Hall–Kier alpha value is -2.28. The van der Waals surface area contributed by atoms with Crippen molar-refractivity contribution in [3.63, 3.8) is 0 Å². The van der Waals surface area contributed by atoms with E-state index in [-0.39, 0.29) is 11.8 Å². The maximum absolute atomic E-state index is 12.8. The van der Waals surface area contributed by atoms with Gasteiger partial charge in [0.05, 0.1) is 24.7 Å². The fraction of sp³-hybridized carbons (Fsp3) is 0.556. The summed E-state index contributed by atoms with van der Waals surface area (Å²) < 4.78 is 7.98. The Kier molecular flexibility index (Phi) is 4.48. The minimum Gasteiger partial charge on any atom is -0.380 e. The lowest BCUT2D eigenvalue weighted by molar-refractivity contribution is 0.0615. The summed E-state index contributed by atoms with van der Waals surface area (Å²) in [7, 11) is 0. The molecule has 0 saturated heterocycles. The standard InChI is InChI=1S/C18H23N5O2/c1-2-23-17-14(7-21-23)9-22(18(24)16-8-19-5-6-20-16)10-15(17)12-25-11-13-3-4-13/h5-8,13,15H,2-4,9-12H2,1H3. The number of rotatable bonds is 6. The minimum atomic E-state index is -0.0878. The number of hydrogen-bond acceptors (Lipinski definition) is 5. The Bertz CT molecular complexity index is 741. The molecule has 2 aliphatic rings. The van der Waals surface area contributed by atoms with Crippen LogP contribution in [0, 0.1) is 5.92 Å². The molecule has 2 aromatic rings. The Balaban J connectivity index is 1.54. The third-order valence-electron chi connectivity index (χ3n) is 4.89. The van der Waals surface area contributed by atoms with Gasteiger partial charge < -0.3 is 9.64 Å². The van der Waals surface area contributed by atoms with Crippen LogP contribution < -0.4 is 0 Å².